The lowest BCUT2D eigenvalue weighted by Crippen LogP contribution is -2.18. The van der Waals surface area contributed by atoms with Gasteiger partial charge >= 0.3 is 0 Å². The minimum atomic E-state index is -3.83. The standard InChI is InChI=1S/C16H15Cl2N3O4S/c1-2-14(22)21-15-12(7-9(17)8-13(15)18)16(23)20-10-3-5-11(6-4-10)26(19,24)25/h3-8H,2H2,1H3,(H,20,23)(H,21,22)(H2,19,24,25). The van der Waals surface area contributed by atoms with Crippen molar-refractivity contribution in [1.82, 2.24) is 0 Å². The number of amides is 2. The molecule has 0 atom stereocenters. The lowest BCUT2D eigenvalue weighted by Gasteiger charge is -2.13. The van der Waals surface area contributed by atoms with E-state index in [0.29, 0.717) is 5.69 Å². The molecule has 2 amide bonds. The number of carbonyl (C=O) groups is 2. The van der Waals surface area contributed by atoms with E-state index in [4.69, 9.17) is 28.3 Å². The van der Waals surface area contributed by atoms with Gasteiger partial charge in [-0.2, -0.15) is 0 Å². The maximum Gasteiger partial charge on any atom is 0.257 e. The fourth-order valence-corrected chi connectivity index (χ4v) is 3.09. The van der Waals surface area contributed by atoms with Crippen molar-refractivity contribution in [3.63, 3.8) is 0 Å². The zero-order valence-electron chi connectivity index (χ0n) is 13.5. The molecule has 0 aliphatic rings. The van der Waals surface area contributed by atoms with Crippen LogP contribution in [0.1, 0.15) is 23.7 Å². The van der Waals surface area contributed by atoms with Crippen molar-refractivity contribution in [3.8, 4) is 0 Å². The van der Waals surface area contributed by atoms with Gasteiger partial charge in [0.15, 0.2) is 0 Å². The molecule has 138 valence electrons. The third kappa shape index (κ3) is 4.95. The van der Waals surface area contributed by atoms with Crippen molar-refractivity contribution >= 4 is 56.4 Å². The minimum absolute atomic E-state index is 0.0693. The van der Waals surface area contributed by atoms with E-state index >= 15 is 0 Å². The molecular formula is C16H15Cl2N3O4S. The lowest BCUT2D eigenvalue weighted by molar-refractivity contribution is -0.115. The predicted molar refractivity (Wildman–Crippen MR) is 101 cm³/mol. The number of benzene rings is 2. The molecular weight excluding hydrogens is 401 g/mol. The van der Waals surface area contributed by atoms with Crippen LogP contribution in [0.3, 0.4) is 0 Å². The van der Waals surface area contributed by atoms with Crippen LogP contribution in [0.15, 0.2) is 41.3 Å². The Morgan fingerprint density at radius 1 is 1.08 bits per heavy atom. The van der Waals surface area contributed by atoms with Crippen molar-refractivity contribution in [3.05, 3.63) is 52.0 Å². The largest absolute Gasteiger partial charge is 0.324 e. The van der Waals surface area contributed by atoms with Gasteiger partial charge in [0.25, 0.3) is 5.91 Å². The Balaban J connectivity index is 2.33. The fraction of sp³-hybridized carbons (Fsp3) is 0.125. The smallest absolute Gasteiger partial charge is 0.257 e. The summed E-state index contributed by atoms with van der Waals surface area (Å²) in [5, 5.41) is 10.5. The van der Waals surface area contributed by atoms with Gasteiger partial charge in [0.1, 0.15) is 0 Å². The van der Waals surface area contributed by atoms with E-state index in [1.165, 1.54) is 36.4 Å². The quantitative estimate of drug-likeness (QED) is 0.693. The highest BCUT2D eigenvalue weighted by atomic mass is 35.5. The van der Waals surface area contributed by atoms with Gasteiger partial charge in [-0.15, -0.1) is 0 Å². The summed E-state index contributed by atoms with van der Waals surface area (Å²) in [5.41, 5.74) is 0.535. The Labute approximate surface area is 160 Å². The van der Waals surface area contributed by atoms with Crippen molar-refractivity contribution < 1.29 is 18.0 Å². The van der Waals surface area contributed by atoms with E-state index in [1.807, 2.05) is 0 Å². The molecule has 0 fully saturated rings. The zero-order chi connectivity index (χ0) is 19.5. The van der Waals surface area contributed by atoms with Gasteiger partial charge in [0.05, 0.1) is 21.2 Å². The summed E-state index contributed by atoms with van der Waals surface area (Å²) in [7, 11) is -3.83. The van der Waals surface area contributed by atoms with Crippen molar-refractivity contribution in [1.29, 1.82) is 0 Å². The first kappa shape index (κ1) is 20.2. The molecule has 2 aromatic carbocycles. The summed E-state index contributed by atoms with van der Waals surface area (Å²) in [6, 6.07) is 8.06. The van der Waals surface area contributed by atoms with Crippen LogP contribution in [0.5, 0.6) is 0 Å². The highest BCUT2D eigenvalue weighted by Gasteiger charge is 2.18. The highest BCUT2D eigenvalue weighted by molar-refractivity contribution is 7.89. The Bertz CT molecular complexity index is 960. The van der Waals surface area contributed by atoms with Gasteiger partial charge in [-0.3, -0.25) is 9.59 Å². The lowest BCUT2D eigenvalue weighted by atomic mass is 10.1. The summed E-state index contributed by atoms with van der Waals surface area (Å²) >= 11 is 12.0. The molecule has 0 spiro atoms. The van der Waals surface area contributed by atoms with E-state index in [0.717, 1.165) is 0 Å². The average Bonchev–Trinajstić information content (AvgIpc) is 2.56. The molecule has 0 aromatic heterocycles. The minimum Gasteiger partial charge on any atom is -0.324 e. The summed E-state index contributed by atoms with van der Waals surface area (Å²) in [6.07, 6.45) is 0.203. The Morgan fingerprint density at radius 2 is 1.69 bits per heavy atom. The number of sulfonamides is 1. The van der Waals surface area contributed by atoms with Crippen LogP contribution in [0.2, 0.25) is 10.0 Å². The molecule has 0 unspecified atom stereocenters. The van der Waals surface area contributed by atoms with Crippen LogP contribution >= 0.6 is 23.2 Å². The summed E-state index contributed by atoms with van der Waals surface area (Å²) in [5.74, 6) is -0.898. The number of carbonyl (C=O) groups excluding carboxylic acids is 2. The van der Waals surface area contributed by atoms with Crippen molar-refractivity contribution in [2.45, 2.75) is 18.2 Å². The SMILES string of the molecule is CCC(=O)Nc1c(Cl)cc(Cl)cc1C(=O)Nc1ccc(S(N)(=O)=O)cc1. The number of nitrogens with two attached hydrogens (primary N) is 1. The van der Waals surface area contributed by atoms with Gasteiger partial charge in [-0.05, 0) is 36.4 Å². The van der Waals surface area contributed by atoms with Crippen LogP contribution in [-0.2, 0) is 14.8 Å². The number of primary sulfonamides is 1. The number of nitrogens with one attached hydrogen (secondary N) is 2. The second kappa shape index (κ2) is 8.05. The Hall–Kier alpha value is -2.13. The monoisotopic (exact) mass is 415 g/mol. The summed E-state index contributed by atoms with van der Waals surface area (Å²) in [4.78, 5) is 24.2. The molecule has 26 heavy (non-hydrogen) atoms. The van der Waals surface area contributed by atoms with Crippen molar-refractivity contribution in [2.24, 2.45) is 5.14 Å². The normalized spacial score (nSPS) is 11.1. The molecule has 0 bridgehead atoms. The average molecular weight is 416 g/mol. The van der Waals surface area contributed by atoms with Gasteiger partial charge in [0, 0.05) is 17.1 Å². The molecule has 0 heterocycles. The maximum absolute atomic E-state index is 12.6. The molecule has 2 aromatic rings. The molecule has 10 heteroatoms. The Morgan fingerprint density at radius 3 is 2.23 bits per heavy atom. The maximum atomic E-state index is 12.6. The van der Waals surface area contributed by atoms with E-state index < -0.39 is 15.9 Å². The van der Waals surface area contributed by atoms with Crippen LogP contribution in [0.25, 0.3) is 0 Å². The topological polar surface area (TPSA) is 118 Å². The third-order valence-electron chi connectivity index (χ3n) is 3.33. The molecule has 0 saturated carbocycles. The molecule has 4 N–H and O–H groups in total. The predicted octanol–water partition coefficient (Wildman–Crippen LogP) is 3.24. The number of hydrogen-bond acceptors (Lipinski definition) is 4. The fourth-order valence-electron chi connectivity index (χ4n) is 2.03. The second-order valence-electron chi connectivity index (χ2n) is 5.24. The van der Waals surface area contributed by atoms with Crippen LogP contribution < -0.4 is 15.8 Å². The summed E-state index contributed by atoms with van der Waals surface area (Å²) < 4.78 is 22.5. The number of halogens is 2. The van der Waals surface area contributed by atoms with E-state index in [9.17, 15) is 18.0 Å². The van der Waals surface area contributed by atoms with Gasteiger partial charge in [-0.25, -0.2) is 13.6 Å². The molecule has 0 radical (unpaired) electrons. The van der Waals surface area contributed by atoms with Crippen LogP contribution in [0.4, 0.5) is 11.4 Å². The van der Waals surface area contributed by atoms with E-state index in [-0.39, 0.29) is 38.5 Å². The van der Waals surface area contributed by atoms with Gasteiger partial charge in [0.2, 0.25) is 15.9 Å². The van der Waals surface area contributed by atoms with Gasteiger partial charge < -0.3 is 10.6 Å². The van der Waals surface area contributed by atoms with Crippen LogP contribution in [0, 0.1) is 0 Å². The number of rotatable bonds is 5. The van der Waals surface area contributed by atoms with Gasteiger partial charge in [-0.1, -0.05) is 30.1 Å². The van der Waals surface area contributed by atoms with E-state index in [1.54, 1.807) is 6.92 Å². The zero-order valence-corrected chi connectivity index (χ0v) is 15.9. The molecule has 7 nitrogen and oxygen atoms in total. The molecule has 0 aliphatic heterocycles. The molecule has 0 aliphatic carbocycles. The first-order chi connectivity index (χ1) is 12.1. The molecule has 0 saturated heterocycles. The summed E-state index contributed by atoms with van der Waals surface area (Å²) in [6.45, 7) is 1.66. The second-order valence-corrected chi connectivity index (χ2v) is 7.64. The number of anilines is 2. The highest BCUT2D eigenvalue weighted by Crippen LogP contribution is 2.31. The third-order valence-corrected chi connectivity index (χ3v) is 4.77. The Kier molecular flexibility index (Phi) is 6.25. The van der Waals surface area contributed by atoms with Crippen LogP contribution in [-0.4, -0.2) is 20.2 Å². The molecule has 2 rings (SSSR count). The van der Waals surface area contributed by atoms with E-state index in [2.05, 4.69) is 10.6 Å². The van der Waals surface area contributed by atoms with Crippen molar-refractivity contribution in [2.75, 3.05) is 10.6 Å². The number of hydrogen-bond donors (Lipinski definition) is 3. The first-order valence-electron chi connectivity index (χ1n) is 7.35. The first-order valence-corrected chi connectivity index (χ1v) is 9.65.